The number of rotatable bonds is 4. The molecule has 1 heterocycles. The third-order valence-corrected chi connectivity index (χ3v) is 3.67. The van der Waals surface area contributed by atoms with Crippen molar-refractivity contribution in [3.05, 3.63) is 65.6 Å². The van der Waals surface area contributed by atoms with E-state index in [1.165, 1.54) is 12.2 Å². The fourth-order valence-electron chi connectivity index (χ4n) is 2.32. The third kappa shape index (κ3) is 3.74. The molecule has 0 atom stereocenters. The Kier molecular flexibility index (Phi) is 4.61. The quantitative estimate of drug-likeness (QED) is 0.717. The lowest BCUT2D eigenvalue weighted by Gasteiger charge is -2.08. The molecular weight excluding hydrogens is 318 g/mol. The normalized spacial score (nSPS) is 11.0. The lowest BCUT2D eigenvalue weighted by molar-refractivity contribution is -0.111. The summed E-state index contributed by atoms with van der Waals surface area (Å²) in [6, 6.07) is 12.5. The van der Waals surface area contributed by atoms with Crippen LogP contribution in [0, 0.1) is 6.92 Å². The minimum absolute atomic E-state index is 0.211. The van der Waals surface area contributed by atoms with Crippen LogP contribution >= 0.6 is 0 Å². The zero-order valence-corrected chi connectivity index (χ0v) is 13.9. The van der Waals surface area contributed by atoms with E-state index < -0.39 is 0 Å². The number of nitrogens with one attached hydrogen (secondary N) is 2. The first-order valence-corrected chi connectivity index (χ1v) is 7.74. The van der Waals surface area contributed by atoms with Gasteiger partial charge in [0, 0.05) is 30.5 Å². The van der Waals surface area contributed by atoms with E-state index >= 15 is 0 Å². The van der Waals surface area contributed by atoms with Gasteiger partial charge < -0.3 is 15.1 Å². The van der Waals surface area contributed by atoms with Gasteiger partial charge in [0.1, 0.15) is 5.52 Å². The highest BCUT2D eigenvalue weighted by Crippen LogP contribution is 2.18. The summed E-state index contributed by atoms with van der Waals surface area (Å²) in [7, 11) is 1.56. The third-order valence-electron chi connectivity index (χ3n) is 3.67. The monoisotopic (exact) mass is 335 g/mol. The van der Waals surface area contributed by atoms with Crippen LogP contribution in [-0.2, 0) is 4.79 Å². The number of aryl methyl sites for hydroxylation is 1. The van der Waals surface area contributed by atoms with Gasteiger partial charge in [0.2, 0.25) is 11.8 Å². The van der Waals surface area contributed by atoms with Gasteiger partial charge >= 0.3 is 0 Å². The number of nitrogens with zero attached hydrogens (tertiary/aromatic N) is 1. The maximum Gasteiger partial charge on any atom is 0.251 e. The summed E-state index contributed by atoms with van der Waals surface area (Å²) in [5.41, 5.74) is 3.31. The molecule has 0 saturated heterocycles. The Balaban J connectivity index is 1.74. The van der Waals surface area contributed by atoms with Crippen LogP contribution in [0.2, 0.25) is 0 Å². The molecule has 0 saturated carbocycles. The number of benzene rings is 2. The topological polar surface area (TPSA) is 84.2 Å². The molecule has 1 aromatic heterocycles. The number of fused-ring (bicyclic) bond motifs is 1. The fraction of sp³-hybridized carbons (Fsp3) is 0.105. The van der Waals surface area contributed by atoms with E-state index in [-0.39, 0.29) is 11.8 Å². The average molecular weight is 335 g/mol. The van der Waals surface area contributed by atoms with Crippen LogP contribution in [0.25, 0.3) is 17.2 Å². The molecule has 25 heavy (non-hydrogen) atoms. The smallest absolute Gasteiger partial charge is 0.251 e. The molecular formula is C19H17N3O3. The van der Waals surface area contributed by atoms with Crippen molar-refractivity contribution >= 4 is 34.7 Å². The molecule has 0 aliphatic rings. The molecule has 2 amide bonds. The van der Waals surface area contributed by atoms with Gasteiger partial charge in [0.25, 0.3) is 5.91 Å². The Bertz CT molecular complexity index is 940. The summed E-state index contributed by atoms with van der Waals surface area (Å²) in [6.07, 6.45) is 2.85. The van der Waals surface area contributed by atoms with E-state index in [4.69, 9.17) is 4.42 Å². The van der Waals surface area contributed by atoms with Crippen molar-refractivity contribution in [3.8, 4) is 0 Å². The number of amides is 2. The van der Waals surface area contributed by atoms with Gasteiger partial charge in [-0.15, -0.1) is 0 Å². The summed E-state index contributed by atoms with van der Waals surface area (Å²) in [4.78, 5) is 28.1. The fourth-order valence-corrected chi connectivity index (χ4v) is 2.32. The Morgan fingerprint density at radius 1 is 1.16 bits per heavy atom. The van der Waals surface area contributed by atoms with Crippen molar-refractivity contribution in [1.29, 1.82) is 0 Å². The first kappa shape index (κ1) is 16.4. The first-order valence-electron chi connectivity index (χ1n) is 7.74. The lowest BCUT2D eigenvalue weighted by atomic mass is 10.1. The summed E-state index contributed by atoms with van der Waals surface area (Å²) in [6.45, 7) is 1.85. The molecule has 0 unspecified atom stereocenters. The van der Waals surface area contributed by atoms with E-state index in [2.05, 4.69) is 15.6 Å². The van der Waals surface area contributed by atoms with E-state index in [9.17, 15) is 9.59 Å². The van der Waals surface area contributed by atoms with E-state index in [0.717, 1.165) is 11.1 Å². The molecule has 6 nitrogen and oxygen atoms in total. The molecule has 0 aliphatic heterocycles. The number of para-hydroxylation sites is 2. The second-order valence-electron chi connectivity index (χ2n) is 5.45. The Labute approximate surface area is 144 Å². The van der Waals surface area contributed by atoms with Crippen molar-refractivity contribution < 1.29 is 14.0 Å². The van der Waals surface area contributed by atoms with Crippen LogP contribution in [0.4, 0.5) is 5.69 Å². The van der Waals surface area contributed by atoms with E-state index in [1.807, 2.05) is 31.2 Å². The van der Waals surface area contributed by atoms with Gasteiger partial charge in [0.15, 0.2) is 5.58 Å². The van der Waals surface area contributed by atoms with Gasteiger partial charge in [-0.2, -0.15) is 0 Å². The molecule has 0 bridgehead atoms. The predicted octanol–water partition coefficient (Wildman–Crippen LogP) is 3.15. The minimum Gasteiger partial charge on any atom is -0.437 e. The second kappa shape index (κ2) is 7.00. The molecule has 2 N–H and O–H groups in total. The Morgan fingerprint density at radius 2 is 1.96 bits per heavy atom. The van der Waals surface area contributed by atoms with Crippen molar-refractivity contribution in [1.82, 2.24) is 10.3 Å². The molecule has 3 aromatic rings. The van der Waals surface area contributed by atoms with Crippen molar-refractivity contribution in [3.63, 3.8) is 0 Å². The molecule has 2 aromatic carbocycles. The van der Waals surface area contributed by atoms with Gasteiger partial charge in [-0.05, 0) is 36.8 Å². The Hall–Kier alpha value is -3.41. The summed E-state index contributed by atoms with van der Waals surface area (Å²) in [5.74, 6) is -0.191. The van der Waals surface area contributed by atoms with Crippen LogP contribution in [0.3, 0.4) is 0 Å². The minimum atomic E-state index is -0.334. The summed E-state index contributed by atoms with van der Waals surface area (Å²) < 4.78 is 5.53. The number of oxazole rings is 1. The van der Waals surface area contributed by atoms with Crippen LogP contribution in [-0.4, -0.2) is 23.8 Å². The van der Waals surface area contributed by atoms with Crippen LogP contribution in [0.15, 0.2) is 53.0 Å². The largest absolute Gasteiger partial charge is 0.437 e. The molecule has 0 spiro atoms. The summed E-state index contributed by atoms with van der Waals surface area (Å²) in [5, 5.41) is 5.31. The molecule has 3 rings (SSSR count). The maximum absolute atomic E-state index is 12.1. The van der Waals surface area contributed by atoms with Gasteiger partial charge in [-0.3, -0.25) is 9.59 Å². The SMILES string of the molecule is CNC(=O)c1ccc(C)c(NC(=O)/C=C/c2nc3ccccc3o2)c1. The average Bonchev–Trinajstić information content (AvgIpc) is 3.04. The van der Waals surface area contributed by atoms with Gasteiger partial charge in [-0.1, -0.05) is 18.2 Å². The number of carbonyl (C=O) groups excluding carboxylic acids is 2. The number of hydrogen-bond acceptors (Lipinski definition) is 4. The molecule has 0 fully saturated rings. The number of carbonyl (C=O) groups is 2. The van der Waals surface area contributed by atoms with E-state index in [1.54, 1.807) is 25.2 Å². The van der Waals surface area contributed by atoms with E-state index in [0.29, 0.717) is 22.7 Å². The highest BCUT2D eigenvalue weighted by Gasteiger charge is 2.08. The zero-order chi connectivity index (χ0) is 17.8. The van der Waals surface area contributed by atoms with Crippen molar-refractivity contribution in [2.24, 2.45) is 0 Å². The van der Waals surface area contributed by atoms with Gasteiger partial charge in [0.05, 0.1) is 0 Å². The number of aromatic nitrogens is 1. The van der Waals surface area contributed by atoms with Gasteiger partial charge in [-0.25, -0.2) is 4.98 Å². The molecule has 0 radical (unpaired) electrons. The lowest BCUT2D eigenvalue weighted by Crippen LogP contribution is -2.18. The highest BCUT2D eigenvalue weighted by atomic mass is 16.3. The molecule has 0 aliphatic carbocycles. The van der Waals surface area contributed by atoms with Crippen molar-refractivity contribution in [2.45, 2.75) is 6.92 Å². The highest BCUT2D eigenvalue weighted by molar-refractivity contribution is 6.03. The van der Waals surface area contributed by atoms with Crippen LogP contribution < -0.4 is 10.6 Å². The first-order chi connectivity index (χ1) is 12.1. The van der Waals surface area contributed by atoms with Crippen molar-refractivity contribution in [2.75, 3.05) is 12.4 Å². The number of anilines is 1. The maximum atomic E-state index is 12.1. The summed E-state index contributed by atoms with van der Waals surface area (Å²) >= 11 is 0. The van der Waals surface area contributed by atoms with Crippen LogP contribution in [0.5, 0.6) is 0 Å². The molecule has 126 valence electrons. The second-order valence-corrected chi connectivity index (χ2v) is 5.45. The Morgan fingerprint density at radius 3 is 2.72 bits per heavy atom. The zero-order valence-electron chi connectivity index (χ0n) is 13.9. The van der Waals surface area contributed by atoms with Crippen LogP contribution in [0.1, 0.15) is 21.8 Å². The standard InChI is InChI=1S/C19H17N3O3/c1-12-7-8-13(19(24)20-2)11-15(12)21-17(23)9-10-18-22-14-5-3-4-6-16(14)25-18/h3-11H,1-2H3,(H,20,24)(H,21,23)/b10-9+. The molecule has 6 heteroatoms. The predicted molar refractivity (Wildman–Crippen MR) is 96.2 cm³/mol. The number of hydrogen-bond donors (Lipinski definition) is 2.